The van der Waals surface area contributed by atoms with Gasteiger partial charge in [-0.15, -0.1) is 0 Å². The molecular weight excluding hydrogens is 218 g/mol. The zero-order valence-corrected chi connectivity index (χ0v) is 10.1. The summed E-state index contributed by atoms with van der Waals surface area (Å²) in [6, 6.07) is 0.261. The largest absolute Gasteiger partial charge is 0.342 e. The van der Waals surface area contributed by atoms with Gasteiger partial charge in [0.25, 0.3) is 0 Å². The molecule has 0 radical (unpaired) electrons. The second kappa shape index (κ2) is 4.26. The molecule has 0 aliphatic carbocycles. The molecule has 1 unspecified atom stereocenters. The minimum absolute atomic E-state index is 0.189. The van der Waals surface area contributed by atoms with E-state index in [2.05, 4.69) is 15.9 Å². The predicted octanol–water partition coefficient (Wildman–Crippen LogP) is 2.27. The molecule has 1 atom stereocenters. The summed E-state index contributed by atoms with van der Waals surface area (Å²) in [5.74, 6) is 0.189. The first kappa shape index (κ1) is 11.9. The monoisotopic (exact) mass is 235 g/mol. The van der Waals surface area contributed by atoms with Crippen molar-refractivity contribution in [2.75, 3.05) is 12.4 Å². The molecule has 0 fully saturated rings. The van der Waals surface area contributed by atoms with Gasteiger partial charge in [0.15, 0.2) is 0 Å². The zero-order chi connectivity index (χ0) is 9.94. The lowest BCUT2D eigenvalue weighted by Gasteiger charge is -2.30. The van der Waals surface area contributed by atoms with Crippen LogP contribution in [-0.2, 0) is 4.79 Å². The van der Waals surface area contributed by atoms with Crippen LogP contribution in [0.4, 0.5) is 0 Å². The molecule has 0 N–H and O–H groups in total. The quantitative estimate of drug-likeness (QED) is 0.673. The molecule has 72 valence electrons. The summed E-state index contributed by atoms with van der Waals surface area (Å²) in [6.07, 6.45) is 0. The molecule has 0 saturated heterocycles. The normalized spacial score (nSPS) is 14.2. The van der Waals surface area contributed by atoms with Gasteiger partial charge >= 0.3 is 0 Å². The molecule has 2 nitrogen and oxygen atoms in total. The fourth-order valence-electron chi connectivity index (χ4n) is 0.833. The first-order chi connectivity index (χ1) is 5.30. The Hall–Kier alpha value is -0.0500. The highest BCUT2D eigenvalue weighted by molar-refractivity contribution is 9.09. The van der Waals surface area contributed by atoms with Gasteiger partial charge in [0, 0.05) is 23.8 Å². The van der Waals surface area contributed by atoms with Gasteiger partial charge < -0.3 is 4.90 Å². The number of carbonyl (C=O) groups excluding carboxylic acids is 1. The SMILES string of the molecule is CC(CBr)N(C)C(=O)C(C)(C)C. The van der Waals surface area contributed by atoms with Crippen LogP contribution in [0.3, 0.4) is 0 Å². The maximum Gasteiger partial charge on any atom is 0.227 e. The number of halogens is 1. The number of rotatable bonds is 2. The van der Waals surface area contributed by atoms with E-state index in [1.165, 1.54) is 0 Å². The summed E-state index contributed by atoms with van der Waals surface area (Å²) in [5.41, 5.74) is -0.273. The minimum Gasteiger partial charge on any atom is -0.342 e. The maximum absolute atomic E-state index is 11.7. The van der Waals surface area contributed by atoms with Crippen molar-refractivity contribution in [3.8, 4) is 0 Å². The summed E-state index contributed by atoms with van der Waals surface area (Å²) in [5, 5.41) is 0.825. The van der Waals surface area contributed by atoms with E-state index >= 15 is 0 Å². The van der Waals surface area contributed by atoms with Crippen molar-refractivity contribution in [3.05, 3.63) is 0 Å². The number of carbonyl (C=O) groups is 1. The van der Waals surface area contributed by atoms with E-state index in [0.717, 1.165) is 5.33 Å². The molecular formula is C9H18BrNO. The molecule has 0 aliphatic rings. The van der Waals surface area contributed by atoms with E-state index in [1.807, 2.05) is 34.7 Å². The Bertz CT molecular complexity index is 162. The summed E-state index contributed by atoms with van der Waals surface area (Å²) in [4.78, 5) is 13.5. The smallest absolute Gasteiger partial charge is 0.227 e. The van der Waals surface area contributed by atoms with Crippen molar-refractivity contribution in [3.63, 3.8) is 0 Å². The standard InChI is InChI=1S/C9H18BrNO/c1-7(6-10)11(5)8(12)9(2,3)4/h7H,6H2,1-5H3. The summed E-state index contributed by atoms with van der Waals surface area (Å²) >= 11 is 3.36. The molecule has 0 spiro atoms. The van der Waals surface area contributed by atoms with E-state index < -0.39 is 0 Å². The second-order valence-electron chi connectivity index (χ2n) is 4.17. The average molecular weight is 236 g/mol. The minimum atomic E-state index is -0.273. The lowest BCUT2D eigenvalue weighted by Crippen LogP contribution is -2.42. The van der Waals surface area contributed by atoms with Crippen LogP contribution < -0.4 is 0 Å². The van der Waals surface area contributed by atoms with Gasteiger partial charge in [-0.3, -0.25) is 4.79 Å². The Morgan fingerprint density at radius 2 is 1.92 bits per heavy atom. The third-order valence-electron chi connectivity index (χ3n) is 1.85. The highest BCUT2D eigenvalue weighted by Gasteiger charge is 2.26. The van der Waals surface area contributed by atoms with Crippen LogP contribution >= 0.6 is 15.9 Å². The van der Waals surface area contributed by atoms with Gasteiger partial charge in [-0.05, 0) is 6.92 Å². The summed E-state index contributed by atoms with van der Waals surface area (Å²) < 4.78 is 0. The molecule has 3 heteroatoms. The van der Waals surface area contributed by atoms with Gasteiger partial charge in [0.1, 0.15) is 0 Å². The Labute approximate surface area is 83.4 Å². The number of amides is 1. The van der Waals surface area contributed by atoms with Crippen LogP contribution in [0.15, 0.2) is 0 Å². The number of hydrogen-bond donors (Lipinski definition) is 0. The Kier molecular flexibility index (Phi) is 4.24. The van der Waals surface area contributed by atoms with Crippen LogP contribution in [0.1, 0.15) is 27.7 Å². The predicted molar refractivity (Wildman–Crippen MR) is 55.5 cm³/mol. The second-order valence-corrected chi connectivity index (χ2v) is 4.82. The molecule has 0 aromatic heterocycles. The molecule has 0 saturated carbocycles. The molecule has 0 aliphatic heterocycles. The van der Waals surface area contributed by atoms with Gasteiger partial charge in [0.2, 0.25) is 5.91 Å². The molecule has 0 aromatic rings. The molecule has 0 aromatic carbocycles. The van der Waals surface area contributed by atoms with E-state index in [-0.39, 0.29) is 17.4 Å². The maximum atomic E-state index is 11.7. The van der Waals surface area contributed by atoms with Gasteiger partial charge in [-0.1, -0.05) is 36.7 Å². The van der Waals surface area contributed by atoms with Crippen molar-refractivity contribution in [1.29, 1.82) is 0 Å². The van der Waals surface area contributed by atoms with Gasteiger partial charge in [-0.2, -0.15) is 0 Å². The lowest BCUT2D eigenvalue weighted by atomic mass is 9.94. The number of hydrogen-bond acceptors (Lipinski definition) is 1. The molecule has 0 rings (SSSR count). The third-order valence-corrected chi connectivity index (χ3v) is 2.78. The lowest BCUT2D eigenvalue weighted by molar-refractivity contribution is -0.139. The van der Waals surface area contributed by atoms with E-state index in [1.54, 1.807) is 4.90 Å². The third kappa shape index (κ3) is 3.13. The van der Waals surface area contributed by atoms with Crippen molar-refractivity contribution < 1.29 is 4.79 Å². The van der Waals surface area contributed by atoms with E-state index in [0.29, 0.717) is 0 Å². The van der Waals surface area contributed by atoms with Gasteiger partial charge in [0.05, 0.1) is 0 Å². The van der Waals surface area contributed by atoms with Crippen molar-refractivity contribution in [1.82, 2.24) is 4.90 Å². The number of nitrogens with zero attached hydrogens (tertiary/aromatic N) is 1. The Balaban J connectivity index is 4.30. The van der Waals surface area contributed by atoms with Crippen molar-refractivity contribution in [2.24, 2.45) is 5.41 Å². The number of alkyl halides is 1. The van der Waals surface area contributed by atoms with Crippen molar-refractivity contribution >= 4 is 21.8 Å². The Morgan fingerprint density at radius 1 is 1.50 bits per heavy atom. The van der Waals surface area contributed by atoms with Crippen molar-refractivity contribution in [2.45, 2.75) is 33.7 Å². The van der Waals surface area contributed by atoms with Crippen LogP contribution in [-0.4, -0.2) is 29.2 Å². The Morgan fingerprint density at radius 3 is 2.17 bits per heavy atom. The fourth-order valence-corrected chi connectivity index (χ4v) is 1.27. The molecule has 0 heterocycles. The van der Waals surface area contributed by atoms with Crippen LogP contribution in [0.5, 0.6) is 0 Å². The van der Waals surface area contributed by atoms with E-state index in [4.69, 9.17) is 0 Å². The average Bonchev–Trinajstić information content (AvgIpc) is 1.98. The van der Waals surface area contributed by atoms with Crippen LogP contribution in [0, 0.1) is 5.41 Å². The van der Waals surface area contributed by atoms with Gasteiger partial charge in [-0.25, -0.2) is 0 Å². The van der Waals surface area contributed by atoms with Crippen LogP contribution in [0.25, 0.3) is 0 Å². The summed E-state index contributed by atoms with van der Waals surface area (Å²) in [7, 11) is 1.85. The molecule has 0 bridgehead atoms. The fraction of sp³-hybridized carbons (Fsp3) is 0.889. The summed E-state index contributed by atoms with van der Waals surface area (Å²) in [6.45, 7) is 7.84. The molecule has 1 amide bonds. The first-order valence-electron chi connectivity index (χ1n) is 4.14. The molecule has 12 heavy (non-hydrogen) atoms. The van der Waals surface area contributed by atoms with Crippen LogP contribution in [0.2, 0.25) is 0 Å². The van der Waals surface area contributed by atoms with E-state index in [9.17, 15) is 4.79 Å². The highest BCUT2D eigenvalue weighted by Crippen LogP contribution is 2.18. The topological polar surface area (TPSA) is 20.3 Å². The zero-order valence-electron chi connectivity index (χ0n) is 8.52. The first-order valence-corrected chi connectivity index (χ1v) is 5.26. The highest BCUT2D eigenvalue weighted by atomic mass is 79.9.